The minimum absolute atomic E-state index is 0.556. The minimum atomic E-state index is 0.556. The molecule has 1 saturated carbocycles. The Balaban J connectivity index is 1.69. The topological polar surface area (TPSA) is 27.1 Å². The van der Waals surface area contributed by atoms with Gasteiger partial charge in [0.25, 0.3) is 0 Å². The summed E-state index contributed by atoms with van der Waals surface area (Å²) in [5.41, 5.74) is 1.49. The number of hydrogen-bond donors (Lipinski definition) is 1. The second-order valence-electron chi connectivity index (χ2n) is 8.09. The summed E-state index contributed by atoms with van der Waals surface area (Å²) in [5.74, 6) is 1.55. The number of hydrogen-bond acceptors (Lipinski definition) is 1. The standard InChI is InChI=1S/C23H36N2/c24-23-18-11-6-4-2-1-3-5-7-12-19-25(23)22-17-13-16-21(22)20-14-9-8-10-15-20/h8-10,14-15,21-22,24H,1-7,11-13,16-19H2. The fourth-order valence-corrected chi connectivity index (χ4v) is 4.86. The Labute approximate surface area is 154 Å². The van der Waals surface area contributed by atoms with Gasteiger partial charge in [-0.15, -0.1) is 0 Å². The molecule has 1 N–H and O–H groups in total. The second kappa shape index (κ2) is 9.99. The van der Waals surface area contributed by atoms with Gasteiger partial charge in [-0.1, -0.05) is 81.7 Å². The quantitative estimate of drug-likeness (QED) is 0.652. The lowest BCUT2D eigenvalue weighted by Crippen LogP contribution is -2.42. The van der Waals surface area contributed by atoms with E-state index in [1.807, 2.05) is 0 Å². The highest BCUT2D eigenvalue weighted by Crippen LogP contribution is 2.38. The molecule has 1 aromatic rings. The van der Waals surface area contributed by atoms with E-state index in [1.165, 1.54) is 82.6 Å². The van der Waals surface area contributed by atoms with Crippen molar-refractivity contribution in [3.63, 3.8) is 0 Å². The number of nitrogens with one attached hydrogen (secondary N) is 1. The third kappa shape index (κ3) is 5.33. The van der Waals surface area contributed by atoms with Crippen LogP contribution in [0, 0.1) is 5.41 Å². The van der Waals surface area contributed by atoms with Crippen LogP contribution in [0.2, 0.25) is 0 Å². The zero-order valence-corrected chi connectivity index (χ0v) is 15.9. The summed E-state index contributed by atoms with van der Waals surface area (Å²) in [6.45, 7) is 1.10. The van der Waals surface area contributed by atoms with Crippen molar-refractivity contribution in [1.29, 1.82) is 5.41 Å². The fourth-order valence-electron chi connectivity index (χ4n) is 4.86. The van der Waals surface area contributed by atoms with Crippen LogP contribution in [-0.2, 0) is 0 Å². The molecule has 2 nitrogen and oxygen atoms in total. The van der Waals surface area contributed by atoms with Crippen molar-refractivity contribution in [3.8, 4) is 0 Å². The average molecular weight is 341 g/mol. The molecular formula is C23H36N2. The van der Waals surface area contributed by atoms with E-state index in [-0.39, 0.29) is 0 Å². The monoisotopic (exact) mass is 340 g/mol. The van der Waals surface area contributed by atoms with Crippen molar-refractivity contribution in [2.24, 2.45) is 0 Å². The molecule has 0 radical (unpaired) electrons. The highest BCUT2D eigenvalue weighted by atomic mass is 15.2. The average Bonchev–Trinajstić information content (AvgIpc) is 3.12. The van der Waals surface area contributed by atoms with Gasteiger partial charge in [0.2, 0.25) is 0 Å². The van der Waals surface area contributed by atoms with Crippen molar-refractivity contribution in [2.75, 3.05) is 6.54 Å². The minimum Gasteiger partial charge on any atom is -0.357 e. The number of benzene rings is 1. The summed E-state index contributed by atoms with van der Waals surface area (Å²) < 4.78 is 0. The van der Waals surface area contributed by atoms with Crippen molar-refractivity contribution in [3.05, 3.63) is 35.9 Å². The summed E-state index contributed by atoms with van der Waals surface area (Å²) in [6, 6.07) is 11.6. The van der Waals surface area contributed by atoms with Gasteiger partial charge < -0.3 is 4.90 Å². The third-order valence-electron chi connectivity index (χ3n) is 6.27. The lowest BCUT2D eigenvalue weighted by Gasteiger charge is -2.35. The SMILES string of the molecule is N=C1CCCCCCCCCCCN1C1CCCC1c1ccccc1. The van der Waals surface area contributed by atoms with Crippen LogP contribution in [0.4, 0.5) is 0 Å². The smallest absolute Gasteiger partial charge is 0.0960 e. The van der Waals surface area contributed by atoms with E-state index in [4.69, 9.17) is 5.41 Å². The molecule has 25 heavy (non-hydrogen) atoms. The summed E-state index contributed by atoms with van der Waals surface area (Å²) >= 11 is 0. The van der Waals surface area contributed by atoms with E-state index in [1.54, 1.807) is 0 Å². The van der Waals surface area contributed by atoms with Gasteiger partial charge in [-0.2, -0.15) is 0 Å². The van der Waals surface area contributed by atoms with E-state index >= 15 is 0 Å². The van der Waals surface area contributed by atoms with Crippen LogP contribution in [0.15, 0.2) is 30.3 Å². The highest BCUT2D eigenvalue weighted by molar-refractivity contribution is 5.79. The molecule has 1 aromatic carbocycles. The van der Waals surface area contributed by atoms with Gasteiger partial charge in [-0.05, 0) is 31.2 Å². The molecule has 1 saturated heterocycles. The fraction of sp³-hybridized carbons (Fsp3) is 0.696. The first-order chi connectivity index (χ1) is 12.4. The molecule has 3 rings (SSSR count). The largest absolute Gasteiger partial charge is 0.357 e. The maximum Gasteiger partial charge on any atom is 0.0960 e. The molecule has 2 fully saturated rings. The van der Waals surface area contributed by atoms with Crippen molar-refractivity contribution in [2.45, 2.75) is 95.4 Å². The third-order valence-corrected chi connectivity index (χ3v) is 6.27. The Hall–Kier alpha value is -1.31. The van der Waals surface area contributed by atoms with Gasteiger partial charge in [0.1, 0.15) is 0 Å². The first-order valence-electron chi connectivity index (χ1n) is 10.8. The first kappa shape index (κ1) is 18.5. The zero-order valence-electron chi connectivity index (χ0n) is 15.9. The summed E-state index contributed by atoms with van der Waals surface area (Å²) in [4.78, 5) is 2.52. The molecule has 0 bridgehead atoms. The number of amidine groups is 1. The second-order valence-corrected chi connectivity index (χ2v) is 8.09. The van der Waals surface area contributed by atoms with E-state index in [9.17, 15) is 0 Å². The molecule has 1 heterocycles. The van der Waals surface area contributed by atoms with Crippen molar-refractivity contribution < 1.29 is 0 Å². The Bertz CT molecular complexity index is 510. The first-order valence-corrected chi connectivity index (χ1v) is 10.8. The molecule has 2 aliphatic rings. The Kier molecular flexibility index (Phi) is 7.38. The lowest BCUT2D eigenvalue weighted by atomic mass is 9.92. The van der Waals surface area contributed by atoms with Crippen LogP contribution in [0.1, 0.15) is 95.0 Å². The Morgan fingerprint density at radius 3 is 2.08 bits per heavy atom. The molecular weight excluding hydrogens is 304 g/mol. The molecule has 2 heteroatoms. The van der Waals surface area contributed by atoms with E-state index in [2.05, 4.69) is 35.2 Å². The van der Waals surface area contributed by atoms with E-state index in [0.29, 0.717) is 12.0 Å². The molecule has 2 atom stereocenters. The molecule has 0 aromatic heterocycles. The lowest BCUT2D eigenvalue weighted by molar-refractivity contribution is 0.278. The van der Waals surface area contributed by atoms with Crippen LogP contribution in [0.5, 0.6) is 0 Å². The van der Waals surface area contributed by atoms with Crippen LogP contribution in [0.3, 0.4) is 0 Å². The number of rotatable bonds is 2. The van der Waals surface area contributed by atoms with Gasteiger partial charge in [-0.25, -0.2) is 0 Å². The molecule has 2 unspecified atom stereocenters. The molecule has 1 aliphatic heterocycles. The highest BCUT2D eigenvalue weighted by Gasteiger charge is 2.33. The molecule has 0 spiro atoms. The summed E-state index contributed by atoms with van der Waals surface area (Å²) in [7, 11) is 0. The molecule has 138 valence electrons. The predicted octanol–water partition coefficient (Wildman–Crippen LogP) is 6.52. The zero-order chi connectivity index (χ0) is 17.3. The van der Waals surface area contributed by atoms with Crippen LogP contribution < -0.4 is 0 Å². The summed E-state index contributed by atoms with van der Waals surface area (Å²) in [5, 5.41) is 8.78. The normalized spacial score (nSPS) is 27.4. The molecule has 0 amide bonds. The van der Waals surface area contributed by atoms with Crippen LogP contribution in [0.25, 0.3) is 0 Å². The van der Waals surface area contributed by atoms with Gasteiger partial charge in [0.05, 0.1) is 5.84 Å². The Morgan fingerprint density at radius 1 is 0.720 bits per heavy atom. The van der Waals surface area contributed by atoms with Gasteiger partial charge in [-0.3, -0.25) is 5.41 Å². The van der Waals surface area contributed by atoms with Gasteiger partial charge in [0.15, 0.2) is 0 Å². The van der Waals surface area contributed by atoms with Crippen LogP contribution in [-0.4, -0.2) is 23.3 Å². The number of nitrogens with zero attached hydrogens (tertiary/aromatic N) is 1. The van der Waals surface area contributed by atoms with Crippen molar-refractivity contribution >= 4 is 5.84 Å². The van der Waals surface area contributed by atoms with E-state index < -0.39 is 0 Å². The van der Waals surface area contributed by atoms with E-state index in [0.717, 1.165) is 18.8 Å². The van der Waals surface area contributed by atoms with Gasteiger partial charge >= 0.3 is 0 Å². The maximum atomic E-state index is 8.78. The van der Waals surface area contributed by atoms with Crippen molar-refractivity contribution in [1.82, 2.24) is 4.90 Å². The van der Waals surface area contributed by atoms with Crippen LogP contribution >= 0.6 is 0 Å². The van der Waals surface area contributed by atoms with Gasteiger partial charge in [0, 0.05) is 24.9 Å². The summed E-state index contributed by atoms with van der Waals surface area (Å²) in [6.07, 6.45) is 16.9. The maximum absolute atomic E-state index is 8.78. The molecule has 1 aliphatic carbocycles. The Morgan fingerprint density at radius 2 is 1.36 bits per heavy atom. The predicted molar refractivity (Wildman–Crippen MR) is 107 cm³/mol.